The summed E-state index contributed by atoms with van der Waals surface area (Å²) < 4.78 is 53.6. The zero-order chi connectivity index (χ0) is 28.6. The summed E-state index contributed by atoms with van der Waals surface area (Å²) >= 11 is 12.8. The summed E-state index contributed by atoms with van der Waals surface area (Å²) in [7, 11) is 1.47. The van der Waals surface area contributed by atoms with Crippen molar-refractivity contribution in [2.24, 2.45) is 0 Å². The largest absolute Gasteiger partial charge is 0.478 e. The van der Waals surface area contributed by atoms with Gasteiger partial charge in [-0.2, -0.15) is 13.2 Å². The van der Waals surface area contributed by atoms with Crippen LogP contribution in [-0.4, -0.2) is 28.3 Å². The number of alkyl halides is 3. The SMILES string of the molecule is CN(Cc1cccc(C(=O)O)c1)c1ccc(OCc2c(-c3c(Cl)cccc3Cl)noc2C2CC2)nc1C(F)(F)F. The molecular formula is C28H22Cl2F3N3O4. The lowest BCUT2D eigenvalue weighted by Crippen LogP contribution is -2.22. The standard InChI is InChI=1S/C28H22Cl2F3N3O4/c1-36(13-15-4-2-5-17(12-15)27(37)38)21-10-11-22(34-26(21)28(31,32)33)39-14-18-24(35-40-25(18)16-8-9-16)23-19(29)6-3-7-20(23)30/h2-7,10-12,16H,8-9,13-14H2,1H3,(H,37,38). The van der Waals surface area contributed by atoms with E-state index in [4.69, 9.17) is 32.5 Å². The number of nitrogens with zero attached hydrogens (tertiary/aromatic N) is 3. The third kappa shape index (κ3) is 5.88. The van der Waals surface area contributed by atoms with Crippen molar-refractivity contribution in [2.45, 2.75) is 38.1 Å². The Kier molecular flexibility index (Phi) is 7.65. The quantitative estimate of drug-likeness (QED) is 0.212. The Balaban J connectivity index is 1.42. The van der Waals surface area contributed by atoms with Crippen LogP contribution in [0.2, 0.25) is 10.0 Å². The third-order valence-electron chi connectivity index (χ3n) is 6.45. The molecule has 1 aliphatic carbocycles. The average Bonchev–Trinajstić information content (AvgIpc) is 3.67. The predicted molar refractivity (Wildman–Crippen MR) is 143 cm³/mol. The molecule has 0 radical (unpaired) electrons. The Morgan fingerprint density at radius 2 is 1.82 bits per heavy atom. The van der Waals surface area contributed by atoms with E-state index in [0.717, 1.165) is 12.8 Å². The molecule has 0 spiro atoms. The van der Waals surface area contributed by atoms with Crippen LogP contribution in [-0.2, 0) is 19.3 Å². The highest BCUT2D eigenvalue weighted by atomic mass is 35.5. The van der Waals surface area contributed by atoms with Gasteiger partial charge in [0, 0.05) is 31.1 Å². The van der Waals surface area contributed by atoms with Crippen molar-refractivity contribution in [3.63, 3.8) is 0 Å². The number of benzene rings is 2. The second-order valence-corrected chi connectivity index (χ2v) is 10.2. The molecule has 208 valence electrons. The van der Waals surface area contributed by atoms with Gasteiger partial charge in [-0.1, -0.05) is 46.6 Å². The molecule has 1 saturated carbocycles. The van der Waals surface area contributed by atoms with E-state index in [0.29, 0.717) is 38.2 Å². The molecule has 4 aromatic rings. The number of carboxylic acids is 1. The molecule has 7 nitrogen and oxygen atoms in total. The molecule has 2 aromatic carbocycles. The molecular weight excluding hydrogens is 570 g/mol. The molecule has 0 amide bonds. The van der Waals surface area contributed by atoms with Crippen molar-refractivity contribution in [2.75, 3.05) is 11.9 Å². The summed E-state index contributed by atoms with van der Waals surface area (Å²) in [6, 6.07) is 13.6. The Bertz CT molecular complexity index is 1550. The first kappa shape index (κ1) is 27.8. The molecule has 1 aliphatic rings. The molecule has 0 bridgehead atoms. The number of halogens is 5. The summed E-state index contributed by atoms with van der Waals surface area (Å²) in [6.45, 7) is -0.132. The van der Waals surface area contributed by atoms with Gasteiger partial charge in [0.25, 0.3) is 0 Å². The second kappa shape index (κ2) is 11.0. The summed E-state index contributed by atoms with van der Waals surface area (Å²) in [5, 5.41) is 14.1. The van der Waals surface area contributed by atoms with Crippen LogP contribution in [0, 0.1) is 0 Å². The highest BCUT2D eigenvalue weighted by molar-refractivity contribution is 6.39. The Labute approximate surface area is 237 Å². The van der Waals surface area contributed by atoms with Gasteiger partial charge >= 0.3 is 12.1 Å². The van der Waals surface area contributed by atoms with Gasteiger partial charge in [0.1, 0.15) is 18.1 Å². The van der Waals surface area contributed by atoms with E-state index in [9.17, 15) is 23.1 Å². The maximum absolute atomic E-state index is 14.1. The molecule has 1 N–H and O–H groups in total. The number of rotatable bonds is 9. The van der Waals surface area contributed by atoms with Gasteiger partial charge < -0.3 is 19.3 Å². The first-order chi connectivity index (χ1) is 19.0. The van der Waals surface area contributed by atoms with E-state index >= 15 is 0 Å². The van der Waals surface area contributed by atoms with Crippen LogP contribution in [0.4, 0.5) is 18.9 Å². The van der Waals surface area contributed by atoms with Gasteiger partial charge in [0.2, 0.25) is 5.88 Å². The number of carbonyl (C=O) groups is 1. The maximum atomic E-state index is 14.1. The fourth-order valence-electron chi connectivity index (χ4n) is 4.39. The molecule has 1 fully saturated rings. The molecule has 40 heavy (non-hydrogen) atoms. The number of aromatic nitrogens is 2. The van der Waals surface area contributed by atoms with Crippen LogP contribution in [0.5, 0.6) is 5.88 Å². The van der Waals surface area contributed by atoms with E-state index in [2.05, 4.69) is 10.1 Å². The number of ether oxygens (including phenoxy) is 1. The zero-order valence-corrected chi connectivity index (χ0v) is 22.5. The first-order valence-corrected chi connectivity index (χ1v) is 13.0. The van der Waals surface area contributed by atoms with E-state index < -0.39 is 17.8 Å². The van der Waals surface area contributed by atoms with Crippen LogP contribution < -0.4 is 9.64 Å². The molecule has 12 heteroatoms. The van der Waals surface area contributed by atoms with Crippen molar-refractivity contribution in [1.29, 1.82) is 0 Å². The predicted octanol–water partition coefficient (Wildman–Crippen LogP) is 7.85. The van der Waals surface area contributed by atoms with Gasteiger partial charge in [-0.3, -0.25) is 0 Å². The number of pyridine rings is 1. The molecule has 2 heterocycles. The summed E-state index contributed by atoms with van der Waals surface area (Å²) in [6.07, 6.45) is -2.99. The molecule has 2 aromatic heterocycles. The smallest absolute Gasteiger partial charge is 0.435 e. The van der Waals surface area contributed by atoms with Gasteiger partial charge in [-0.05, 0) is 48.7 Å². The monoisotopic (exact) mass is 591 g/mol. The normalized spacial score (nSPS) is 13.3. The van der Waals surface area contributed by atoms with Crippen molar-refractivity contribution >= 4 is 34.9 Å². The first-order valence-electron chi connectivity index (χ1n) is 12.2. The summed E-state index contributed by atoms with van der Waals surface area (Å²) in [4.78, 5) is 16.4. The van der Waals surface area contributed by atoms with Gasteiger partial charge in [-0.25, -0.2) is 9.78 Å². The van der Waals surface area contributed by atoms with E-state index in [1.54, 1.807) is 24.3 Å². The lowest BCUT2D eigenvalue weighted by Gasteiger charge is -2.23. The third-order valence-corrected chi connectivity index (χ3v) is 7.08. The fraction of sp³-hybridized carbons (Fsp3) is 0.250. The van der Waals surface area contributed by atoms with Crippen molar-refractivity contribution < 1.29 is 32.3 Å². The minimum Gasteiger partial charge on any atom is -0.478 e. The van der Waals surface area contributed by atoms with Crippen LogP contribution in [0.1, 0.15) is 51.7 Å². The number of hydrogen-bond acceptors (Lipinski definition) is 6. The Hall–Kier alpha value is -3.76. The number of aromatic carboxylic acids is 1. The highest BCUT2D eigenvalue weighted by Crippen LogP contribution is 2.46. The van der Waals surface area contributed by atoms with Crippen molar-refractivity contribution in [1.82, 2.24) is 10.1 Å². The van der Waals surface area contributed by atoms with Gasteiger partial charge in [0.05, 0.1) is 26.9 Å². The minimum atomic E-state index is -4.78. The van der Waals surface area contributed by atoms with Crippen molar-refractivity contribution in [3.05, 3.63) is 92.8 Å². The van der Waals surface area contributed by atoms with Crippen LogP contribution >= 0.6 is 23.2 Å². The van der Waals surface area contributed by atoms with E-state index in [1.165, 1.54) is 42.3 Å². The summed E-state index contributed by atoms with van der Waals surface area (Å²) in [5.41, 5.74) is 0.618. The molecule has 5 rings (SSSR count). The fourth-order valence-corrected chi connectivity index (χ4v) is 4.96. The number of hydrogen-bond donors (Lipinski definition) is 1. The Morgan fingerprint density at radius 3 is 2.48 bits per heavy atom. The average molecular weight is 592 g/mol. The van der Waals surface area contributed by atoms with E-state index in [-0.39, 0.29) is 36.2 Å². The lowest BCUT2D eigenvalue weighted by molar-refractivity contribution is -0.140. The Morgan fingerprint density at radius 1 is 1.12 bits per heavy atom. The second-order valence-electron chi connectivity index (χ2n) is 9.41. The minimum absolute atomic E-state index is 0.0273. The topological polar surface area (TPSA) is 88.7 Å². The van der Waals surface area contributed by atoms with Crippen LogP contribution in [0.15, 0.2) is 59.1 Å². The zero-order valence-electron chi connectivity index (χ0n) is 21.0. The van der Waals surface area contributed by atoms with Gasteiger partial charge in [0.15, 0.2) is 5.69 Å². The molecule has 0 unspecified atom stereocenters. The molecule has 0 atom stereocenters. The number of anilines is 1. The number of carboxylic acid groups (broad SMARTS) is 1. The molecule has 0 aliphatic heterocycles. The van der Waals surface area contributed by atoms with E-state index in [1.807, 2.05) is 0 Å². The highest BCUT2D eigenvalue weighted by Gasteiger charge is 2.38. The van der Waals surface area contributed by atoms with Gasteiger partial charge in [-0.15, -0.1) is 0 Å². The molecule has 0 saturated heterocycles. The lowest BCUT2D eigenvalue weighted by atomic mass is 10.0. The van der Waals surface area contributed by atoms with Crippen molar-refractivity contribution in [3.8, 4) is 17.1 Å². The van der Waals surface area contributed by atoms with Crippen LogP contribution in [0.25, 0.3) is 11.3 Å². The summed E-state index contributed by atoms with van der Waals surface area (Å²) in [5.74, 6) is -0.643. The van der Waals surface area contributed by atoms with Crippen LogP contribution in [0.3, 0.4) is 0 Å². The maximum Gasteiger partial charge on any atom is 0.435 e.